The molecule has 0 amide bonds. The second kappa shape index (κ2) is 5.57. The van der Waals surface area contributed by atoms with Crippen LogP contribution in [0, 0.1) is 17.0 Å². The van der Waals surface area contributed by atoms with E-state index >= 15 is 0 Å². The lowest BCUT2D eigenvalue weighted by Crippen LogP contribution is -2.00. The van der Waals surface area contributed by atoms with Crippen LogP contribution in [0.5, 0.6) is 0 Å². The van der Waals surface area contributed by atoms with Gasteiger partial charge in [-0.05, 0) is 31.5 Å². The SMILES string of the molecule is C/C(=N\Nc1nc(C)cs1)c1ccc([N+](=O)[O-])cc1. The van der Waals surface area contributed by atoms with Crippen molar-refractivity contribution >= 4 is 27.9 Å². The molecule has 6 nitrogen and oxygen atoms in total. The van der Waals surface area contributed by atoms with E-state index in [2.05, 4.69) is 15.5 Å². The smallest absolute Gasteiger partial charge is 0.258 e. The fourth-order valence-electron chi connectivity index (χ4n) is 1.43. The highest BCUT2D eigenvalue weighted by Crippen LogP contribution is 2.15. The largest absolute Gasteiger partial charge is 0.269 e. The summed E-state index contributed by atoms with van der Waals surface area (Å²) in [5.41, 5.74) is 5.44. The molecule has 0 bridgehead atoms. The van der Waals surface area contributed by atoms with Crippen molar-refractivity contribution in [3.05, 3.63) is 51.0 Å². The molecule has 1 heterocycles. The van der Waals surface area contributed by atoms with Gasteiger partial charge in [-0.15, -0.1) is 11.3 Å². The lowest BCUT2D eigenvalue weighted by Gasteiger charge is -2.01. The Balaban J connectivity index is 2.10. The topological polar surface area (TPSA) is 80.4 Å². The van der Waals surface area contributed by atoms with Crippen molar-refractivity contribution in [2.45, 2.75) is 13.8 Å². The summed E-state index contributed by atoms with van der Waals surface area (Å²) < 4.78 is 0. The van der Waals surface area contributed by atoms with Crippen LogP contribution in [-0.2, 0) is 0 Å². The first-order valence-electron chi connectivity index (χ1n) is 5.53. The predicted molar refractivity (Wildman–Crippen MR) is 75.8 cm³/mol. The molecule has 19 heavy (non-hydrogen) atoms. The van der Waals surface area contributed by atoms with E-state index in [0.717, 1.165) is 22.1 Å². The molecule has 0 saturated heterocycles. The number of hydrogen-bond donors (Lipinski definition) is 1. The number of nitrogens with zero attached hydrogens (tertiary/aromatic N) is 3. The molecule has 1 N–H and O–H groups in total. The maximum Gasteiger partial charge on any atom is 0.269 e. The van der Waals surface area contributed by atoms with Gasteiger partial charge in [0, 0.05) is 17.5 Å². The van der Waals surface area contributed by atoms with Crippen molar-refractivity contribution in [1.29, 1.82) is 0 Å². The van der Waals surface area contributed by atoms with Gasteiger partial charge in [-0.3, -0.25) is 15.5 Å². The molecule has 0 radical (unpaired) electrons. The summed E-state index contributed by atoms with van der Waals surface area (Å²) in [6.07, 6.45) is 0. The van der Waals surface area contributed by atoms with Crippen LogP contribution in [0.25, 0.3) is 0 Å². The molecule has 0 spiro atoms. The van der Waals surface area contributed by atoms with Crippen molar-refractivity contribution < 1.29 is 4.92 Å². The van der Waals surface area contributed by atoms with E-state index in [1.165, 1.54) is 23.5 Å². The van der Waals surface area contributed by atoms with Crippen LogP contribution < -0.4 is 5.43 Å². The molecule has 98 valence electrons. The molecule has 0 unspecified atom stereocenters. The van der Waals surface area contributed by atoms with Gasteiger partial charge in [0.1, 0.15) is 0 Å². The molecule has 1 aromatic carbocycles. The first-order valence-corrected chi connectivity index (χ1v) is 6.41. The van der Waals surface area contributed by atoms with Gasteiger partial charge in [-0.1, -0.05) is 0 Å². The molecule has 0 aliphatic rings. The Morgan fingerprint density at radius 3 is 2.63 bits per heavy atom. The highest BCUT2D eigenvalue weighted by Gasteiger charge is 2.05. The van der Waals surface area contributed by atoms with Crippen molar-refractivity contribution in [2.24, 2.45) is 5.10 Å². The number of hydrazone groups is 1. The number of nitro benzene ring substituents is 1. The third-order valence-electron chi connectivity index (χ3n) is 2.43. The number of anilines is 1. The average molecular weight is 276 g/mol. The highest BCUT2D eigenvalue weighted by atomic mass is 32.1. The Bertz CT molecular complexity index is 619. The zero-order chi connectivity index (χ0) is 13.8. The number of aromatic nitrogens is 1. The van der Waals surface area contributed by atoms with Crippen LogP contribution in [0.15, 0.2) is 34.7 Å². The van der Waals surface area contributed by atoms with Crippen molar-refractivity contribution in [1.82, 2.24) is 4.98 Å². The van der Waals surface area contributed by atoms with Crippen LogP contribution in [0.4, 0.5) is 10.8 Å². The number of non-ortho nitro benzene ring substituents is 1. The number of benzene rings is 1. The van der Waals surface area contributed by atoms with Gasteiger partial charge in [0.15, 0.2) is 0 Å². The molecule has 0 atom stereocenters. The number of hydrogen-bond acceptors (Lipinski definition) is 6. The molecule has 2 aromatic rings. The normalized spacial score (nSPS) is 11.4. The fourth-order valence-corrected chi connectivity index (χ4v) is 2.06. The minimum Gasteiger partial charge on any atom is -0.258 e. The fraction of sp³-hybridized carbons (Fsp3) is 0.167. The summed E-state index contributed by atoms with van der Waals surface area (Å²) in [6.45, 7) is 3.74. The maximum absolute atomic E-state index is 10.6. The number of aryl methyl sites for hydroxylation is 1. The zero-order valence-corrected chi connectivity index (χ0v) is 11.3. The molecule has 0 saturated carbocycles. The third kappa shape index (κ3) is 3.35. The van der Waals surface area contributed by atoms with Crippen LogP contribution >= 0.6 is 11.3 Å². The molecule has 1 aromatic heterocycles. The van der Waals surface area contributed by atoms with Crippen LogP contribution in [0.3, 0.4) is 0 Å². The summed E-state index contributed by atoms with van der Waals surface area (Å²) in [5, 5.41) is 17.4. The zero-order valence-electron chi connectivity index (χ0n) is 10.5. The summed E-state index contributed by atoms with van der Waals surface area (Å²) in [7, 11) is 0. The first kappa shape index (κ1) is 13.2. The van der Waals surface area contributed by atoms with Crippen LogP contribution in [0.2, 0.25) is 0 Å². The number of nitro groups is 1. The quantitative estimate of drug-likeness (QED) is 0.528. The lowest BCUT2D eigenvalue weighted by atomic mass is 10.1. The number of rotatable bonds is 4. The van der Waals surface area contributed by atoms with E-state index in [0.29, 0.717) is 0 Å². The highest BCUT2D eigenvalue weighted by molar-refractivity contribution is 7.13. The molecule has 7 heteroatoms. The summed E-state index contributed by atoms with van der Waals surface area (Å²) in [5.74, 6) is 0. The van der Waals surface area contributed by atoms with E-state index in [4.69, 9.17) is 0 Å². The van der Waals surface area contributed by atoms with Gasteiger partial charge >= 0.3 is 0 Å². The minimum absolute atomic E-state index is 0.0695. The van der Waals surface area contributed by atoms with Crippen molar-refractivity contribution in [2.75, 3.05) is 5.43 Å². The first-order chi connectivity index (χ1) is 9.06. The Hall–Kier alpha value is -2.28. The molecule has 0 aliphatic carbocycles. The maximum atomic E-state index is 10.6. The summed E-state index contributed by atoms with van der Waals surface area (Å²) >= 11 is 1.47. The minimum atomic E-state index is -0.424. The number of nitrogens with one attached hydrogen (secondary N) is 1. The van der Waals surface area contributed by atoms with E-state index in [1.807, 2.05) is 19.2 Å². The second-order valence-corrected chi connectivity index (χ2v) is 4.77. The van der Waals surface area contributed by atoms with E-state index in [9.17, 15) is 10.1 Å². The van der Waals surface area contributed by atoms with Gasteiger partial charge in [-0.2, -0.15) is 5.10 Å². The summed E-state index contributed by atoms with van der Waals surface area (Å²) in [6, 6.07) is 6.27. The van der Waals surface area contributed by atoms with Crippen LogP contribution in [0.1, 0.15) is 18.2 Å². The second-order valence-electron chi connectivity index (χ2n) is 3.91. The molecule has 0 fully saturated rings. The van der Waals surface area contributed by atoms with E-state index in [1.54, 1.807) is 12.1 Å². The Morgan fingerprint density at radius 1 is 1.42 bits per heavy atom. The Labute approximate surface area is 114 Å². The van der Waals surface area contributed by atoms with Gasteiger partial charge < -0.3 is 0 Å². The monoisotopic (exact) mass is 276 g/mol. The van der Waals surface area contributed by atoms with Crippen LogP contribution in [-0.4, -0.2) is 15.6 Å². The van der Waals surface area contributed by atoms with E-state index < -0.39 is 4.92 Å². The third-order valence-corrected chi connectivity index (χ3v) is 3.30. The van der Waals surface area contributed by atoms with E-state index in [-0.39, 0.29) is 5.69 Å². The Kier molecular flexibility index (Phi) is 3.86. The van der Waals surface area contributed by atoms with Crippen molar-refractivity contribution in [3.63, 3.8) is 0 Å². The van der Waals surface area contributed by atoms with Gasteiger partial charge in [0.2, 0.25) is 5.13 Å². The number of thiazole rings is 1. The molecular formula is C12H12N4O2S. The predicted octanol–water partition coefficient (Wildman–Crippen LogP) is 3.20. The molecular weight excluding hydrogens is 264 g/mol. The lowest BCUT2D eigenvalue weighted by molar-refractivity contribution is -0.384. The summed E-state index contributed by atoms with van der Waals surface area (Å²) in [4.78, 5) is 14.4. The van der Waals surface area contributed by atoms with Gasteiger partial charge in [-0.25, -0.2) is 4.98 Å². The average Bonchev–Trinajstić information content (AvgIpc) is 2.82. The molecule has 0 aliphatic heterocycles. The van der Waals surface area contributed by atoms with Gasteiger partial charge in [0.25, 0.3) is 5.69 Å². The molecule has 2 rings (SSSR count). The standard InChI is InChI=1S/C12H12N4O2S/c1-8-7-19-12(13-8)15-14-9(2)10-3-5-11(6-4-10)16(17)18/h3-7H,1-2H3,(H,13,15)/b14-9+. The Morgan fingerprint density at radius 2 is 2.11 bits per heavy atom. The van der Waals surface area contributed by atoms with Gasteiger partial charge in [0.05, 0.1) is 16.3 Å². The van der Waals surface area contributed by atoms with Crippen molar-refractivity contribution in [3.8, 4) is 0 Å².